The fraction of sp³-hybridized carbons (Fsp3) is 0.812. The molecular formula is C16H28O3. The lowest BCUT2D eigenvalue weighted by Gasteiger charge is -2.44. The first-order valence-electron chi connectivity index (χ1n) is 7.37. The van der Waals surface area contributed by atoms with Crippen molar-refractivity contribution in [3.05, 3.63) is 12.7 Å². The number of rotatable bonds is 7. The molecule has 1 saturated heterocycles. The first-order valence-corrected chi connectivity index (χ1v) is 7.37. The largest absolute Gasteiger partial charge is 0.382 e. The van der Waals surface area contributed by atoms with Crippen molar-refractivity contribution in [1.82, 2.24) is 0 Å². The first kappa shape index (κ1) is 16.4. The highest BCUT2D eigenvalue weighted by molar-refractivity contribution is 5.84. The van der Waals surface area contributed by atoms with Crippen LogP contribution in [-0.2, 0) is 9.53 Å². The van der Waals surface area contributed by atoms with Gasteiger partial charge in [-0.25, -0.2) is 0 Å². The van der Waals surface area contributed by atoms with E-state index in [0.717, 1.165) is 32.1 Å². The molecule has 1 heterocycles. The van der Waals surface area contributed by atoms with Gasteiger partial charge in [0.25, 0.3) is 0 Å². The molecule has 3 nitrogen and oxygen atoms in total. The maximum atomic E-state index is 11.6. The molecule has 0 saturated carbocycles. The van der Waals surface area contributed by atoms with Crippen LogP contribution in [0.1, 0.15) is 65.7 Å². The lowest BCUT2D eigenvalue weighted by atomic mass is 9.78. The minimum atomic E-state index is -1.31. The molecule has 1 unspecified atom stereocenters. The average molecular weight is 268 g/mol. The van der Waals surface area contributed by atoms with Gasteiger partial charge < -0.3 is 9.84 Å². The van der Waals surface area contributed by atoms with Crippen molar-refractivity contribution in [2.75, 3.05) is 0 Å². The number of aliphatic hydroxyl groups is 1. The summed E-state index contributed by atoms with van der Waals surface area (Å²) in [5.41, 5.74) is -1.73. The molecule has 3 heteroatoms. The Labute approximate surface area is 117 Å². The molecule has 0 bridgehead atoms. The lowest BCUT2D eigenvalue weighted by molar-refractivity contribution is -0.168. The minimum Gasteiger partial charge on any atom is -0.382 e. The molecule has 0 aromatic rings. The highest BCUT2D eigenvalue weighted by Crippen LogP contribution is 2.39. The quantitative estimate of drug-likeness (QED) is 0.720. The lowest BCUT2D eigenvalue weighted by Crippen LogP contribution is -2.48. The third-order valence-electron chi connectivity index (χ3n) is 4.13. The Balaban J connectivity index is 2.84. The summed E-state index contributed by atoms with van der Waals surface area (Å²) in [5.74, 6) is -0.197. The van der Waals surface area contributed by atoms with Crippen molar-refractivity contribution in [2.24, 2.45) is 0 Å². The first-order chi connectivity index (χ1) is 8.85. The van der Waals surface area contributed by atoms with E-state index in [1.54, 1.807) is 6.92 Å². The van der Waals surface area contributed by atoms with Gasteiger partial charge in [0.15, 0.2) is 5.78 Å². The molecule has 1 fully saturated rings. The molecule has 0 amide bonds. The number of carbonyl (C=O) groups excluding carboxylic acids is 1. The Hall–Kier alpha value is -0.670. The molecule has 0 aliphatic carbocycles. The zero-order valence-electron chi connectivity index (χ0n) is 12.6. The van der Waals surface area contributed by atoms with E-state index < -0.39 is 11.2 Å². The van der Waals surface area contributed by atoms with Crippen LogP contribution in [0.4, 0.5) is 0 Å². The Kier molecular flexibility index (Phi) is 5.75. The molecule has 0 spiro atoms. The highest BCUT2D eigenvalue weighted by Gasteiger charge is 2.43. The van der Waals surface area contributed by atoms with Crippen LogP contribution >= 0.6 is 0 Å². The van der Waals surface area contributed by atoms with Gasteiger partial charge in [-0.15, -0.1) is 6.58 Å². The number of hydrogen-bond donors (Lipinski definition) is 1. The van der Waals surface area contributed by atoms with Gasteiger partial charge in [0, 0.05) is 6.42 Å². The van der Waals surface area contributed by atoms with Gasteiger partial charge in [-0.2, -0.15) is 0 Å². The molecule has 1 rings (SSSR count). The van der Waals surface area contributed by atoms with Crippen LogP contribution < -0.4 is 0 Å². The molecule has 0 radical (unpaired) electrons. The van der Waals surface area contributed by atoms with Crippen LogP contribution in [0.2, 0.25) is 0 Å². The van der Waals surface area contributed by atoms with Crippen LogP contribution in [0, 0.1) is 0 Å². The molecule has 1 N–H and O–H groups in total. The van der Waals surface area contributed by atoms with Crippen molar-refractivity contribution in [3.8, 4) is 0 Å². The molecule has 3 atom stereocenters. The van der Waals surface area contributed by atoms with Crippen LogP contribution in [0.25, 0.3) is 0 Å². The summed E-state index contributed by atoms with van der Waals surface area (Å²) < 4.78 is 6.26. The molecule has 0 aromatic heterocycles. The zero-order valence-corrected chi connectivity index (χ0v) is 12.6. The highest BCUT2D eigenvalue weighted by atomic mass is 16.5. The van der Waals surface area contributed by atoms with E-state index in [1.807, 2.05) is 6.08 Å². The predicted molar refractivity (Wildman–Crippen MR) is 77.1 cm³/mol. The summed E-state index contributed by atoms with van der Waals surface area (Å²) in [7, 11) is 0. The Morgan fingerprint density at radius 2 is 2.32 bits per heavy atom. The SMILES string of the molecule is C=CC[C@@]1(CC(C)(O)C(C)=O)CCC[C@H](CCC)O1. The zero-order chi connectivity index (χ0) is 14.5. The van der Waals surface area contributed by atoms with Crippen molar-refractivity contribution >= 4 is 5.78 Å². The fourth-order valence-corrected chi connectivity index (χ4v) is 3.02. The van der Waals surface area contributed by atoms with E-state index in [-0.39, 0.29) is 11.9 Å². The standard InChI is InChI=1S/C16H28O3/c1-5-8-14-9-7-11-16(19-14,10-6-2)12-15(4,18)13(3)17/h6,14,18H,2,5,7-12H2,1,3-4H3/t14-,15?,16-/m0/s1. The third kappa shape index (κ3) is 4.43. The van der Waals surface area contributed by atoms with Crippen LogP contribution in [0.3, 0.4) is 0 Å². The maximum Gasteiger partial charge on any atom is 0.161 e. The van der Waals surface area contributed by atoms with E-state index in [0.29, 0.717) is 12.8 Å². The summed E-state index contributed by atoms with van der Waals surface area (Å²) in [6, 6.07) is 0. The van der Waals surface area contributed by atoms with Gasteiger partial charge in [0.05, 0.1) is 11.7 Å². The predicted octanol–water partition coefficient (Wildman–Crippen LogP) is 3.40. The molecule has 110 valence electrons. The molecule has 1 aliphatic heterocycles. The summed E-state index contributed by atoms with van der Waals surface area (Å²) in [4.78, 5) is 11.6. The Morgan fingerprint density at radius 1 is 1.63 bits per heavy atom. The van der Waals surface area contributed by atoms with Crippen molar-refractivity contribution in [1.29, 1.82) is 0 Å². The maximum absolute atomic E-state index is 11.6. The smallest absolute Gasteiger partial charge is 0.161 e. The molecule has 0 aromatic carbocycles. The number of Topliss-reactive ketones (excluding diaryl/α,β-unsaturated/α-hetero) is 1. The Morgan fingerprint density at radius 3 is 2.84 bits per heavy atom. The minimum absolute atomic E-state index is 0.197. The second-order valence-corrected chi connectivity index (χ2v) is 6.10. The normalized spacial score (nSPS) is 30.6. The van der Waals surface area contributed by atoms with Gasteiger partial charge in [-0.3, -0.25) is 4.79 Å². The second-order valence-electron chi connectivity index (χ2n) is 6.10. The van der Waals surface area contributed by atoms with E-state index in [1.165, 1.54) is 6.92 Å². The molecule has 1 aliphatic rings. The summed E-state index contributed by atoms with van der Waals surface area (Å²) in [5, 5.41) is 10.3. The third-order valence-corrected chi connectivity index (χ3v) is 4.13. The van der Waals surface area contributed by atoms with Crippen molar-refractivity contribution in [3.63, 3.8) is 0 Å². The summed E-state index contributed by atoms with van der Waals surface area (Å²) >= 11 is 0. The van der Waals surface area contributed by atoms with Crippen LogP contribution in [-0.4, -0.2) is 28.2 Å². The van der Waals surface area contributed by atoms with Gasteiger partial charge in [0.1, 0.15) is 5.60 Å². The van der Waals surface area contributed by atoms with E-state index >= 15 is 0 Å². The van der Waals surface area contributed by atoms with E-state index in [2.05, 4.69) is 13.5 Å². The average Bonchev–Trinajstić information content (AvgIpc) is 2.28. The summed E-state index contributed by atoms with van der Waals surface area (Å²) in [6.07, 6.45) is 8.34. The number of ether oxygens (including phenoxy) is 1. The van der Waals surface area contributed by atoms with Crippen LogP contribution in [0.5, 0.6) is 0 Å². The topological polar surface area (TPSA) is 46.5 Å². The second kappa shape index (κ2) is 6.67. The number of hydrogen-bond acceptors (Lipinski definition) is 3. The van der Waals surface area contributed by atoms with Gasteiger partial charge in [-0.1, -0.05) is 19.4 Å². The Bertz CT molecular complexity index is 320. The number of ketones is 1. The fourth-order valence-electron chi connectivity index (χ4n) is 3.02. The van der Waals surface area contributed by atoms with Gasteiger partial charge in [0.2, 0.25) is 0 Å². The monoisotopic (exact) mass is 268 g/mol. The van der Waals surface area contributed by atoms with E-state index in [4.69, 9.17) is 4.74 Å². The summed E-state index contributed by atoms with van der Waals surface area (Å²) in [6.45, 7) is 8.98. The molecule has 19 heavy (non-hydrogen) atoms. The van der Waals surface area contributed by atoms with Gasteiger partial charge >= 0.3 is 0 Å². The van der Waals surface area contributed by atoms with Crippen LogP contribution in [0.15, 0.2) is 12.7 Å². The molecular weight excluding hydrogens is 240 g/mol. The van der Waals surface area contributed by atoms with E-state index in [9.17, 15) is 9.90 Å². The van der Waals surface area contributed by atoms with Gasteiger partial charge in [-0.05, 0) is 46.0 Å². The van der Waals surface area contributed by atoms with Crippen molar-refractivity contribution < 1.29 is 14.6 Å². The number of carbonyl (C=O) groups is 1. The van der Waals surface area contributed by atoms with Crippen molar-refractivity contribution in [2.45, 2.75) is 83.0 Å².